The van der Waals surface area contributed by atoms with Crippen molar-refractivity contribution in [2.24, 2.45) is 0 Å². The number of phosphoric ester groups is 2. The van der Waals surface area contributed by atoms with E-state index < -0.39 is 97.5 Å². The Labute approximate surface area is 595 Å². The van der Waals surface area contributed by atoms with Gasteiger partial charge >= 0.3 is 39.5 Å². The molecule has 0 fully saturated rings. The number of unbranched alkanes of at least 4 members (excludes halogenated alkanes) is 33. The molecule has 0 aromatic heterocycles. The molecule has 0 aliphatic heterocycles. The molecular formula is C79H140O17P2. The van der Waals surface area contributed by atoms with E-state index in [1.807, 2.05) is 0 Å². The Kier molecular flexibility index (Phi) is 68.9. The Hall–Kier alpha value is -3.76. The molecule has 0 radical (unpaired) electrons. The van der Waals surface area contributed by atoms with Crippen LogP contribution in [0.15, 0.2) is 85.1 Å². The van der Waals surface area contributed by atoms with Gasteiger partial charge in [-0.3, -0.25) is 37.3 Å². The lowest BCUT2D eigenvalue weighted by Crippen LogP contribution is -2.30. The van der Waals surface area contributed by atoms with Crippen LogP contribution < -0.4 is 0 Å². The number of hydrogen-bond donors (Lipinski definition) is 3. The van der Waals surface area contributed by atoms with E-state index in [2.05, 4.69) is 113 Å². The average Bonchev–Trinajstić information content (AvgIpc) is 0.959. The lowest BCUT2D eigenvalue weighted by molar-refractivity contribution is -0.161. The molecule has 0 heterocycles. The van der Waals surface area contributed by atoms with Gasteiger partial charge in [0.2, 0.25) is 0 Å². The van der Waals surface area contributed by atoms with Crippen LogP contribution >= 0.6 is 15.6 Å². The molecule has 0 aliphatic rings. The molecule has 0 aromatic rings. The van der Waals surface area contributed by atoms with Gasteiger partial charge in [-0.1, -0.05) is 280 Å². The van der Waals surface area contributed by atoms with Crippen molar-refractivity contribution >= 4 is 39.5 Å². The first-order chi connectivity index (χ1) is 47.7. The number of aliphatic hydroxyl groups is 1. The summed E-state index contributed by atoms with van der Waals surface area (Å²) in [6, 6.07) is 0. The van der Waals surface area contributed by atoms with Crippen molar-refractivity contribution in [3.63, 3.8) is 0 Å². The quantitative estimate of drug-likeness (QED) is 0.0169. The van der Waals surface area contributed by atoms with Crippen LogP contribution in [0.1, 0.15) is 336 Å². The standard InChI is InChI=1S/C79H140O17P2/c1-5-9-13-17-21-25-29-33-36-40-43-47-51-55-59-63-76(81)89-69-74(95-78(83)65-61-57-53-49-45-39-32-28-24-20-16-12-8-4)71-93-97(85,86)91-67-73(80)68-92-98(87,88)94-72-75(96-79(84)66-62-58-54-50-46-42-38-35-31-27-23-19-15-11-7-3)70-90-77(82)64-60-56-52-48-44-41-37-34-30-26-22-18-14-10-6-2/h9,13,16,20-21,25,28,32-34,36-37,43,47,73-75,80H,5-8,10-12,14-15,17-19,22-24,26-27,29-31,35,38-42,44-46,48-72H2,1-4H3,(H,85,86)(H,87,88)/b13-9-,20-16-,25-21-,32-28-,36-33-,37-34-,47-43-. The van der Waals surface area contributed by atoms with E-state index in [1.165, 1.54) is 103 Å². The number of ether oxygens (including phenoxy) is 4. The van der Waals surface area contributed by atoms with Crippen LogP contribution in [-0.2, 0) is 65.4 Å². The van der Waals surface area contributed by atoms with Gasteiger partial charge in [0.05, 0.1) is 26.4 Å². The first-order valence-corrected chi connectivity index (χ1v) is 41.8. The topological polar surface area (TPSA) is 237 Å². The predicted octanol–water partition coefficient (Wildman–Crippen LogP) is 22.2. The zero-order valence-corrected chi connectivity index (χ0v) is 63.7. The van der Waals surface area contributed by atoms with Gasteiger partial charge < -0.3 is 33.8 Å². The fourth-order valence-electron chi connectivity index (χ4n) is 10.4. The molecule has 0 aromatic carbocycles. The van der Waals surface area contributed by atoms with E-state index in [1.54, 1.807) is 0 Å². The number of carbonyl (C=O) groups excluding carboxylic acids is 4. The van der Waals surface area contributed by atoms with Crippen LogP contribution in [0.5, 0.6) is 0 Å². The van der Waals surface area contributed by atoms with E-state index in [4.69, 9.17) is 37.0 Å². The summed E-state index contributed by atoms with van der Waals surface area (Å²) >= 11 is 0. The van der Waals surface area contributed by atoms with Crippen LogP contribution in [-0.4, -0.2) is 96.7 Å². The Balaban J connectivity index is 5.37. The summed E-state index contributed by atoms with van der Waals surface area (Å²) in [5.41, 5.74) is 0. The van der Waals surface area contributed by atoms with E-state index in [0.717, 1.165) is 154 Å². The van der Waals surface area contributed by atoms with Gasteiger partial charge in [-0.25, -0.2) is 9.13 Å². The summed E-state index contributed by atoms with van der Waals surface area (Å²) in [6.45, 7) is 4.66. The van der Waals surface area contributed by atoms with Crippen molar-refractivity contribution in [2.45, 2.75) is 354 Å². The third kappa shape index (κ3) is 70.7. The SMILES string of the molecule is CC/C=C\C/C=C\C/C=C\C/C=C\CCCCC(=O)OCC(COP(=O)(O)OCC(O)COP(=O)(O)OCC(COC(=O)CCCCCCC/C=C\CCCCCCCC)OC(=O)CCCCCCCCCCCCCCCCC)OC(=O)CCCCCCC/C=C\C/C=C\CCC. The summed E-state index contributed by atoms with van der Waals surface area (Å²) < 4.78 is 68.5. The second-order valence-corrected chi connectivity index (χ2v) is 28.8. The minimum atomic E-state index is -4.98. The zero-order chi connectivity index (χ0) is 71.8. The molecule has 98 heavy (non-hydrogen) atoms. The monoisotopic (exact) mass is 1420 g/mol. The number of aliphatic hydroxyl groups excluding tert-OH is 1. The van der Waals surface area contributed by atoms with E-state index in [0.29, 0.717) is 25.7 Å². The highest BCUT2D eigenvalue weighted by Crippen LogP contribution is 2.45. The van der Waals surface area contributed by atoms with Crippen molar-refractivity contribution in [1.29, 1.82) is 0 Å². The van der Waals surface area contributed by atoms with Crippen molar-refractivity contribution < 1.29 is 80.2 Å². The Bertz CT molecular complexity index is 2190. The molecule has 0 aliphatic carbocycles. The van der Waals surface area contributed by atoms with Gasteiger partial charge in [0.25, 0.3) is 0 Å². The van der Waals surface area contributed by atoms with Gasteiger partial charge in [-0.2, -0.15) is 0 Å². The summed E-state index contributed by atoms with van der Waals surface area (Å²) in [7, 11) is -9.96. The molecule has 17 nitrogen and oxygen atoms in total. The third-order valence-corrected chi connectivity index (χ3v) is 18.2. The van der Waals surface area contributed by atoms with Crippen LogP contribution in [0.4, 0.5) is 0 Å². The summed E-state index contributed by atoms with van der Waals surface area (Å²) in [5.74, 6) is -2.23. The molecule has 5 unspecified atom stereocenters. The summed E-state index contributed by atoms with van der Waals surface area (Å²) in [5, 5.41) is 10.6. The molecule has 0 spiro atoms. The first-order valence-electron chi connectivity index (χ1n) is 38.8. The smallest absolute Gasteiger partial charge is 0.462 e. The first kappa shape index (κ1) is 94.2. The molecule has 0 saturated heterocycles. The van der Waals surface area contributed by atoms with E-state index in [9.17, 15) is 43.2 Å². The Morgan fingerprint density at radius 1 is 0.296 bits per heavy atom. The molecule has 0 saturated carbocycles. The molecule has 3 N–H and O–H groups in total. The summed E-state index contributed by atoms with van der Waals surface area (Å²) in [4.78, 5) is 72.9. The molecular weight excluding hydrogens is 1280 g/mol. The Morgan fingerprint density at radius 3 is 0.888 bits per heavy atom. The second kappa shape index (κ2) is 71.6. The summed E-state index contributed by atoms with van der Waals surface area (Å²) in [6.07, 6.45) is 72.9. The van der Waals surface area contributed by atoms with Gasteiger partial charge in [-0.15, -0.1) is 0 Å². The second-order valence-electron chi connectivity index (χ2n) is 25.9. The highest BCUT2D eigenvalue weighted by Gasteiger charge is 2.30. The van der Waals surface area contributed by atoms with Gasteiger partial charge in [0, 0.05) is 25.7 Å². The molecule has 5 atom stereocenters. The van der Waals surface area contributed by atoms with E-state index in [-0.39, 0.29) is 25.7 Å². The largest absolute Gasteiger partial charge is 0.472 e. The normalized spacial score (nSPS) is 14.4. The van der Waals surface area contributed by atoms with E-state index >= 15 is 0 Å². The number of rotatable bonds is 73. The van der Waals surface area contributed by atoms with Crippen molar-refractivity contribution in [2.75, 3.05) is 39.6 Å². The highest BCUT2D eigenvalue weighted by molar-refractivity contribution is 7.47. The number of allylic oxidation sites excluding steroid dienone is 14. The van der Waals surface area contributed by atoms with Crippen LogP contribution in [0.3, 0.4) is 0 Å². The number of phosphoric acid groups is 2. The van der Waals surface area contributed by atoms with Gasteiger partial charge in [0.15, 0.2) is 12.2 Å². The number of esters is 4. The number of carbonyl (C=O) groups is 4. The van der Waals surface area contributed by atoms with Gasteiger partial charge in [-0.05, 0) is 116 Å². The maximum atomic E-state index is 13.1. The highest BCUT2D eigenvalue weighted by atomic mass is 31.2. The van der Waals surface area contributed by atoms with Crippen LogP contribution in [0, 0.1) is 0 Å². The van der Waals surface area contributed by atoms with Crippen molar-refractivity contribution in [1.82, 2.24) is 0 Å². The fourth-order valence-corrected chi connectivity index (χ4v) is 12.0. The fraction of sp³-hybridized carbons (Fsp3) is 0.772. The maximum Gasteiger partial charge on any atom is 0.472 e. The van der Waals surface area contributed by atoms with Gasteiger partial charge in [0.1, 0.15) is 19.3 Å². The third-order valence-electron chi connectivity index (χ3n) is 16.3. The molecule has 19 heteroatoms. The molecule has 0 amide bonds. The lowest BCUT2D eigenvalue weighted by Gasteiger charge is -2.21. The van der Waals surface area contributed by atoms with Crippen LogP contribution in [0.25, 0.3) is 0 Å². The predicted molar refractivity (Wildman–Crippen MR) is 399 cm³/mol. The van der Waals surface area contributed by atoms with Crippen molar-refractivity contribution in [3.05, 3.63) is 85.1 Å². The Morgan fingerprint density at radius 2 is 0.551 bits per heavy atom. The van der Waals surface area contributed by atoms with Crippen LogP contribution in [0.2, 0.25) is 0 Å². The maximum absolute atomic E-state index is 13.1. The minimum absolute atomic E-state index is 0.0702. The molecule has 0 rings (SSSR count). The molecule has 568 valence electrons. The average molecular weight is 1420 g/mol. The minimum Gasteiger partial charge on any atom is -0.462 e. The lowest BCUT2D eigenvalue weighted by atomic mass is 10.0. The van der Waals surface area contributed by atoms with Crippen molar-refractivity contribution in [3.8, 4) is 0 Å². The number of hydrogen-bond acceptors (Lipinski definition) is 15. The molecule has 0 bridgehead atoms. The zero-order valence-electron chi connectivity index (χ0n) is 62.0.